The third-order valence-corrected chi connectivity index (χ3v) is 2.00. The number of rotatable bonds is 3. The van der Waals surface area contributed by atoms with Crippen LogP contribution >= 0.6 is 0 Å². The maximum atomic E-state index is 11.3. The average molecular weight is 222 g/mol. The van der Waals surface area contributed by atoms with Crippen molar-refractivity contribution in [2.24, 2.45) is 0 Å². The quantitative estimate of drug-likeness (QED) is 0.732. The van der Waals surface area contributed by atoms with E-state index in [1.54, 1.807) is 12.1 Å². The molecule has 0 N–H and O–H groups in total. The molecule has 0 aromatic heterocycles. The highest BCUT2D eigenvalue weighted by molar-refractivity contribution is 5.89. The van der Waals surface area contributed by atoms with Crippen molar-refractivity contribution in [3.8, 4) is 0 Å². The number of hydrogen-bond donors (Lipinski definition) is 0. The predicted octanol–water partition coefficient (Wildman–Crippen LogP) is 1.84. The molecule has 16 heavy (non-hydrogen) atoms. The standard InChI is InChI=1S/C12H14O4/c1-8-4-10(7-16-9(2)13)6-11(5-8)12(14)15-3/h4-6H,7H2,1-3H3. The summed E-state index contributed by atoms with van der Waals surface area (Å²) in [4.78, 5) is 22.0. The molecule has 0 radical (unpaired) electrons. The van der Waals surface area contributed by atoms with Gasteiger partial charge in [-0.15, -0.1) is 0 Å². The van der Waals surface area contributed by atoms with E-state index in [1.807, 2.05) is 13.0 Å². The zero-order chi connectivity index (χ0) is 12.1. The van der Waals surface area contributed by atoms with Gasteiger partial charge in [-0.25, -0.2) is 4.79 Å². The van der Waals surface area contributed by atoms with Crippen molar-refractivity contribution in [1.82, 2.24) is 0 Å². The molecule has 1 aromatic carbocycles. The minimum absolute atomic E-state index is 0.168. The Balaban J connectivity index is 2.89. The molecule has 0 aliphatic rings. The van der Waals surface area contributed by atoms with Crippen LogP contribution in [0.4, 0.5) is 0 Å². The van der Waals surface area contributed by atoms with Crippen LogP contribution in [0.15, 0.2) is 18.2 Å². The van der Waals surface area contributed by atoms with E-state index in [9.17, 15) is 9.59 Å². The third kappa shape index (κ3) is 3.38. The molecular weight excluding hydrogens is 208 g/mol. The SMILES string of the molecule is COC(=O)c1cc(C)cc(COC(C)=O)c1. The Morgan fingerprint density at radius 2 is 1.94 bits per heavy atom. The van der Waals surface area contributed by atoms with Gasteiger partial charge in [0.15, 0.2) is 0 Å². The molecule has 0 unspecified atom stereocenters. The van der Waals surface area contributed by atoms with Gasteiger partial charge in [0.2, 0.25) is 0 Å². The molecule has 1 rings (SSSR count). The smallest absolute Gasteiger partial charge is 0.337 e. The Hall–Kier alpha value is -1.84. The average Bonchev–Trinajstić information content (AvgIpc) is 2.24. The van der Waals surface area contributed by atoms with Crippen molar-refractivity contribution >= 4 is 11.9 Å². The van der Waals surface area contributed by atoms with Crippen LogP contribution in [-0.4, -0.2) is 19.0 Å². The van der Waals surface area contributed by atoms with Crippen LogP contribution in [0.1, 0.15) is 28.4 Å². The number of carbonyl (C=O) groups is 2. The molecule has 0 atom stereocenters. The highest BCUT2D eigenvalue weighted by Crippen LogP contribution is 2.12. The van der Waals surface area contributed by atoms with E-state index in [2.05, 4.69) is 4.74 Å². The van der Waals surface area contributed by atoms with Crippen LogP contribution in [0.2, 0.25) is 0 Å². The van der Waals surface area contributed by atoms with E-state index in [0.717, 1.165) is 11.1 Å². The zero-order valence-electron chi connectivity index (χ0n) is 9.57. The fourth-order valence-electron chi connectivity index (χ4n) is 1.37. The molecule has 86 valence electrons. The Bertz CT molecular complexity index is 409. The lowest BCUT2D eigenvalue weighted by molar-refractivity contribution is -0.142. The fraction of sp³-hybridized carbons (Fsp3) is 0.333. The minimum Gasteiger partial charge on any atom is -0.465 e. The Kier molecular flexibility index (Phi) is 4.05. The molecule has 0 aliphatic carbocycles. The van der Waals surface area contributed by atoms with Gasteiger partial charge < -0.3 is 9.47 Å². The summed E-state index contributed by atoms with van der Waals surface area (Å²) < 4.78 is 9.49. The molecule has 4 nitrogen and oxygen atoms in total. The van der Waals surface area contributed by atoms with Gasteiger partial charge in [0.1, 0.15) is 6.61 Å². The van der Waals surface area contributed by atoms with E-state index in [4.69, 9.17) is 4.74 Å². The first-order valence-corrected chi connectivity index (χ1v) is 4.85. The number of methoxy groups -OCH3 is 1. The molecule has 0 saturated carbocycles. The van der Waals surface area contributed by atoms with Crippen LogP contribution in [0.25, 0.3) is 0 Å². The highest BCUT2D eigenvalue weighted by atomic mass is 16.5. The van der Waals surface area contributed by atoms with E-state index in [-0.39, 0.29) is 12.6 Å². The minimum atomic E-state index is -0.396. The van der Waals surface area contributed by atoms with Crippen molar-refractivity contribution in [3.05, 3.63) is 34.9 Å². The van der Waals surface area contributed by atoms with Crippen molar-refractivity contribution in [1.29, 1.82) is 0 Å². The maximum Gasteiger partial charge on any atom is 0.337 e. The molecule has 0 amide bonds. The summed E-state index contributed by atoms with van der Waals surface area (Å²) in [6.07, 6.45) is 0. The molecular formula is C12H14O4. The number of hydrogen-bond acceptors (Lipinski definition) is 4. The molecule has 0 saturated heterocycles. The Labute approximate surface area is 94.2 Å². The molecule has 0 bridgehead atoms. The summed E-state index contributed by atoms with van der Waals surface area (Å²) in [7, 11) is 1.33. The third-order valence-electron chi connectivity index (χ3n) is 2.00. The first kappa shape index (κ1) is 12.2. The first-order chi connectivity index (χ1) is 7.52. The van der Waals surface area contributed by atoms with Crippen molar-refractivity contribution in [2.45, 2.75) is 20.5 Å². The van der Waals surface area contributed by atoms with E-state index >= 15 is 0 Å². The van der Waals surface area contributed by atoms with Crippen LogP contribution in [0.3, 0.4) is 0 Å². The summed E-state index contributed by atoms with van der Waals surface area (Å²) in [5.41, 5.74) is 2.16. The lowest BCUT2D eigenvalue weighted by atomic mass is 10.1. The second-order valence-electron chi connectivity index (χ2n) is 3.48. The lowest BCUT2D eigenvalue weighted by Gasteiger charge is -2.06. The van der Waals surface area contributed by atoms with Crippen LogP contribution in [0.5, 0.6) is 0 Å². The van der Waals surface area contributed by atoms with Gasteiger partial charge in [-0.05, 0) is 30.2 Å². The summed E-state index contributed by atoms with van der Waals surface area (Å²) in [5, 5.41) is 0. The van der Waals surface area contributed by atoms with Gasteiger partial charge >= 0.3 is 11.9 Å². The topological polar surface area (TPSA) is 52.6 Å². The second-order valence-corrected chi connectivity index (χ2v) is 3.48. The van der Waals surface area contributed by atoms with Gasteiger partial charge in [0.05, 0.1) is 12.7 Å². The molecule has 0 spiro atoms. The number of carbonyl (C=O) groups excluding carboxylic acids is 2. The Morgan fingerprint density at radius 3 is 2.50 bits per heavy atom. The van der Waals surface area contributed by atoms with Crippen LogP contribution in [-0.2, 0) is 20.9 Å². The van der Waals surface area contributed by atoms with E-state index in [0.29, 0.717) is 5.56 Å². The van der Waals surface area contributed by atoms with Crippen molar-refractivity contribution in [2.75, 3.05) is 7.11 Å². The van der Waals surface area contributed by atoms with E-state index in [1.165, 1.54) is 14.0 Å². The normalized spacial score (nSPS) is 9.69. The van der Waals surface area contributed by atoms with Gasteiger partial charge in [0.25, 0.3) is 0 Å². The maximum absolute atomic E-state index is 11.3. The summed E-state index contributed by atoms with van der Waals surface area (Å²) >= 11 is 0. The highest BCUT2D eigenvalue weighted by Gasteiger charge is 2.08. The van der Waals surface area contributed by atoms with E-state index < -0.39 is 5.97 Å². The molecule has 0 fully saturated rings. The van der Waals surface area contributed by atoms with Crippen molar-refractivity contribution in [3.63, 3.8) is 0 Å². The molecule has 0 heterocycles. The fourth-order valence-corrected chi connectivity index (χ4v) is 1.37. The largest absolute Gasteiger partial charge is 0.465 e. The molecule has 1 aromatic rings. The lowest BCUT2D eigenvalue weighted by Crippen LogP contribution is -2.04. The number of esters is 2. The second kappa shape index (κ2) is 5.30. The predicted molar refractivity (Wildman–Crippen MR) is 58.0 cm³/mol. The van der Waals surface area contributed by atoms with Crippen LogP contribution < -0.4 is 0 Å². The number of aryl methyl sites for hydroxylation is 1. The summed E-state index contributed by atoms with van der Waals surface area (Å²) in [6, 6.07) is 5.24. The van der Waals surface area contributed by atoms with Gasteiger partial charge in [-0.1, -0.05) is 6.07 Å². The monoisotopic (exact) mass is 222 g/mol. The zero-order valence-corrected chi connectivity index (χ0v) is 9.57. The number of benzene rings is 1. The summed E-state index contributed by atoms with van der Waals surface area (Å²) in [5.74, 6) is -0.742. The molecule has 4 heteroatoms. The summed E-state index contributed by atoms with van der Waals surface area (Å²) in [6.45, 7) is 3.38. The van der Waals surface area contributed by atoms with Crippen LogP contribution in [0, 0.1) is 6.92 Å². The Morgan fingerprint density at radius 1 is 1.25 bits per heavy atom. The van der Waals surface area contributed by atoms with Crippen molar-refractivity contribution < 1.29 is 19.1 Å². The first-order valence-electron chi connectivity index (χ1n) is 4.85. The van der Waals surface area contributed by atoms with Gasteiger partial charge in [0, 0.05) is 6.92 Å². The van der Waals surface area contributed by atoms with Gasteiger partial charge in [-0.2, -0.15) is 0 Å². The number of ether oxygens (including phenoxy) is 2. The van der Waals surface area contributed by atoms with Gasteiger partial charge in [-0.3, -0.25) is 4.79 Å². The molecule has 0 aliphatic heterocycles.